The van der Waals surface area contributed by atoms with Gasteiger partial charge in [0.25, 0.3) is 5.56 Å². The summed E-state index contributed by atoms with van der Waals surface area (Å²) in [5.74, 6) is -0.995. The van der Waals surface area contributed by atoms with Crippen LogP contribution in [0.4, 0.5) is 0 Å². The predicted molar refractivity (Wildman–Crippen MR) is 101 cm³/mol. The number of nitrogens with zero attached hydrogens (tertiary/aromatic N) is 3. The maximum atomic E-state index is 12.5. The first-order valence-corrected chi connectivity index (χ1v) is 8.44. The molecule has 0 spiro atoms. The van der Waals surface area contributed by atoms with E-state index in [9.17, 15) is 9.59 Å². The smallest absolute Gasteiger partial charge is 0.338 e. The van der Waals surface area contributed by atoms with Crippen molar-refractivity contribution in [3.63, 3.8) is 0 Å². The summed E-state index contributed by atoms with van der Waals surface area (Å²) in [6.07, 6.45) is 3.05. The van der Waals surface area contributed by atoms with Crippen LogP contribution in [0.5, 0.6) is 0 Å². The highest BCUT2D eigenvalue weighted by Gasteiger charge is 2.13. The zero-order valence-corrected chi connectivity index (χ0v) is 14.6. The van der Waals surface area contributed by atoms with Crippen molar-refractivity contribution in [1.29, 1.82) is 0 Å². The number of hydrogen-bond acceptors (Lipinski definition) is 4. The molecule has 4 rings (SSSR count). The topological polar surface area (TPSA) is 101 Å². The first kappa shape index (κ1) is 17.0. The molecule has 4 aromatic rings. The number of aromatic amines is 1. The van der Waals surface area contributed by atoms with Crippen LogP contribution in [0.15, 0.2) is 59.7 Å². The van der Waals surface area contributed by atoms with Crippen molar-refractivity contribution < 1.29 is 9.90 Å². The summed E-state index contributed by atoms with van der Waals surface area (Å²) in [5.41, 5.74) is 1.95. The first-order chi connectivity index (χ1) is 13.0. The second kappa shape index (κ2) is 6.69. The third-order valence-electron chi connectivity index (χ3n) is 4.14. The molecule has 2 aromatic heterocycles. The van der Waals surface area contributed by atoms with Gasteiger partial charge in [-0.2, -0.15) is 5.10 Å². The van der Waals surface area contributed by atoms with Gasteiger partial charge in [0.15, 0.2) is 0 Å². The third-order valence-corrected chi connectivity index (χ3v) is 4.50. The van der Waals surface area contributed by atoms with E-state index >= 15 is 0 Å². The van der Waals surface area contributed by atoms with E-state index in [2.05, 4.69) is 15.1 Å². The van der Waals surface area contributed by atoms with E-state index in [1.165, 1.54) is 17.1 Å². The van der Waals surface area contributed by atoms with Gasteiger partial charge >= 0.3 is 5.97 Å². The molecule has 0 saturated carbocycles. The van der Waals surface area contributed by atoms with Crippen LogP contribution in [-0.4, -0.2) is 30.8 Å². The fourth-order valence-corrected chi connectivity index (χ4v) is 3.03. The number of benzene rings is 2. The SMILES string of the molecule is O=C(O)c1cnn(-c2nc3cc(Cl)c(Cc4ccccc4)cc3c(=O)[nH]2)c1. The van der Waals surface area contributed by atoms with E-state index in [1.54, 1.807) is 12.1 Å². The summed E-state index contributed by atoms with van der Waals surface area (Å²) in [5, 5.41) is 13.8. The molecule has 0 bridgehead atoms. The predicted octanol–water partition coefficient (Wildman–Crippen LogP) is 3.05. The van der Waals surface area contributed by atoms with Crippen LogP contribution >= 0.6 is 11.6 Å². The number of nitrogens with one attached hydrogen (secondary N) is 1. The van der Waals surface area contributed by atoms with Gasteiger partial charge < -0.3 is 5.11 Å². The molecule has 0 saturated heterocycles. The molecule has 134 valence electrons. The van der Waals surface area contributed by atoms with Crippen LogP contribution in [0.3, 0.4) is 0 Å². The number of hydrogen-bond donors (Lipinski definition) is 2. The lowest BCUT2D eigenvalue weighted by molar-refractivity contribution is 0.0697. The Hall–Kier alpha value is -3.45. The van der Waals surface area contributed by atoms with Crippen molar-refractivity contribution in [3.05, 3.63) is 86.9 Å². The molecule has 0 aliphatic heterocycles. The molecule has 2 aromatic carbocycles. The fraction of sp³-hybridized carbons (Fsp3) is 0.0526. The van der Waals surface area contributed by atoms with Gasteiger partial charge in [0.1, 0.15) is 0 Å². The Balaban J connectivity index is 1.78. The largest absolute Gasteiger partial charge is 0.478 e. The zero-order valence-electron chi connectivity index (χ0n) is 13.9. The zero-order chi connectivity index (χ0) is 19.0. The quantitative estimate of drug-likeness (QED) is 0.566. The van der Waals surface area contributed by atoms with Crippen LogP contribution in [0.1, 0.15) is 21.5 Å². The van der Waals surface area contributed by atoms with Crippen molar-refractivity contribution >= 4 is 28.5 Å². The molecular formula is C19H13ClN4O3. The van der Waals surface area contributed by atoms with Gasteiger partial charge in [-0.1, -0.05) is 41.9 Å². The van der Waals surface area contributed by atoms with E-state index < -0.39 is 5.97 Å². The average Bonchev–Trinajstić information content (AvgIpc) is 3.14. The molecule has 0 atom stereocenters. The van der Waals surface area contributed by atoms with Gasteiger partial charge in [0.05, 0.1) is 22.7 Å². The molecule has 0 aliphatic rings. The number of fused-ring (bicyclic) bond motifs is 1. The van der Waals surface area contributed by atoms with E-state index in [-0.39, 0.29) is 17.1 Å². The van der Waals surface area contributed by atoms with E-state index in [0.717, 1.165) is 11.1 Å². The van der Waals surface area contributed by atoms with Crippen molar-refractivity contribution in [2.45, 2.75) is 6.42 Å². The Labute approximate surface area is 157 Å². The number of aromatic nitrogens is 4. The Kier molecular flexibility index (Phi) is 4.21. The summed E-state index contributed by atoms with van der Waals surface area (Å²) in [4.78, 5) is 30.5. The van der Waals surface area contributed by atoms with E-state index in [1.807, 2.05) is 30.3 Å². The number of aromatic carboxylic acids is 1. The Morgan fingerprint density at radius 3 is 2.70 bits per heavy atom. The molecule has 8 heteroatoms. The number of carboxylic acids is 1. The summed E-state index contributed by atoms with van der Waals surface area (Å²) in [7, 11) is 0. The van der Waals surface area contributed by atoms with E-state index in [0.29, 0.717) is 22.3 Å². The van der Waals surface area contributed by atoms with Crippen molar-refractivity contribution in [1.82, 2.24) is 19.7 Å². The molecule has 27 heavy (non-hydrogen) atoms. The second-order valence-electron chi connectivity index (χ2n) is 5.99. The van der Waals surface area contributed by atoms with Crippen LogP contribution in [0.25, 0.3) is 16.9 Å². The van der Waals surface area contributed by atoms with Gasteiger partial charge in [-0.25, -0.2) is 14.5 Å². The lowest BCUT2D eigenvalue weighted by Crippen LogP contribution is -2.14. The Bertz CT molecular complexity index is 1210. The summed E-state index contributed by atoms with van der Waals surface area (Å²) in [6, 6.07) is 13.2. The highest BCUT2D eigenvalue weighted by atomic mass is 35.5. The lowest BCUT2D eigenvalue weighted by Gasteiger charge is -2.08. The maximum Gasteiger partial charge on any atom is 0.338 e. The summed E-state index contributed by atoms with van der Waals surface area (Å²) in [6.45, 7) is 0. The minimum atomic E-state index is -1.11. The van der Waals surface area contributed by atoms with Crippen LogP contribution in [0, 0.1) is 0 Å². The van der Waals surface area contributed by atoms with Gasteiger partial charge in [-0.05, 0) is 29.7 Å². The van der Waals surface area contributed by atoms with Crippen LogP contribution in [0.2, 0.25) is 5.02 Å². The summed E-state index contributed by atoms with van der Waals surface area (Å²) < 4.78 is 1.20. The number of halogens is 1. The normalized spacial score (nSPS) is 11.0. The second-order valence-corrected chi connectivity index (χ2v) is 6.40. The van der Waals surface area contributed by atoms with E-state index in [4.69, 9.17) is 16.7 Å². The minimum Gasteiger partial charge on any atom is -0.478 e. The Morgan fingerprint density at radius 1 is 1.22 bits per heavy atom. The molecule has 0 amide bonds. The number of carbonyl (C=O) groups is 1. The third kappa shape index (κ3) is 3.32. The highest BCUT2D eigenvalue weighted by Crippen LogP contribution is 2.24. The molecular weight excluding hydrogens is 368 g/mol. The molecule has 0 unspecified atom stereocenters. The molecule has 0 radical (unpaired) electrons. The van der Waals surface area contributed by atoms with Gasteiger partial charge in [-0.3, -0.25) is 9.78 Å². The fourth-order valence-electron chi connectivity index (χ4n) is 2.80. The molecule has 2 N–H and O–H groups in total. The van der Waals surface area contributed by atoms with Gasteiger partial charge in [0.2, 0.25) is 5.95 Å². The number of rotatable bonds is 4. The van der Waals surface area contributed by atoms with Crippen molar-refractivity contribution in [2.75, 3.05) is 0 Å². The number of H-pyrrole nitrogens is 1. The molecule has 0 fully saturated rings. The molecule has 0 aliphatic carbocycles. The average molecular weight is 381 g/mol. The highest BCUT2D eigenvalue weighted by molar-refractivity contribution is 6.32. The molecule has 7 nitrogen and oxygen atoms in total. The Morgan fingerprint density at radius 2 is 2.00 bits per heavy atom. The first-order valence-electron chi connectivity index (χ1n) is 8.06. The van der Waals surface area contributed by atoms with Gasteiger partial charge in [0, 0.05) is 11.2 Å². The van der Waals surface area contributed by atoms with Crippen LogP contribution < -0.4 is 5.56 Å². The summed E-state index contributed by atoms with van der Waals surface area (Å²) >= 11 is 6.40. The maximum absolute atomic E-state index is 12.5. The number of carboxylic acid groups (broad SMARTS) is 1. The van der Waals surface area contributed by atoms with Gasteiger partial charge in [-0.15, -0.1) is 0 Å². The standard InChI is InChI=1S/C19H13ClN4O3/c20-15-8-16-14(7-12(15)6-11-4-2-1-3-5-11)17(25)23-19(22-16)24-10-13(9-21-24)18(26)27/h1-5,7-10H,6H2,(H,26,27)(H,22,23,25). The monoisotopic (exact) mass is 380 g/mol. The van der Waals surface area contributed by atoms with Crippen molar-refractivity contribution in [3.8, 4) is 5.95 Å². The molecule has 2 heterocycles. The lowest BCUT2D eigenvalue weighted by atomic mass is 10.0. The minimum absolute atomic E-state index is 0.00557. The van der Waals surface area contributed by atoms with Crippen molar-refractivity contribution in [2.24, 2.45) is 0 Å². The van der Waals surface area contributed by atoms with Crippen LogP contribution in [-0.2, 0) is 6.42 Å².